The molecular weight excluding hydrogens is 172 g/mol. The van der Waals surface area contributed by atoms with Crippen LogP contribution in [0.4, 0.5) is 0 Å². The molecule has 60 valence electrons. The molecule has 0 saturated heterocycles. The first-order valence-corrected chi connectivity index (χ1v) is 4.18. The monoisotopic (exact) mass is 178 g/mol. The van der Waals surface area contributed by atoms with E-state index in [0.29, 0.717) is 5.88 Å². The second-order valence-electron chi connectivity index (χ2n) is 2.55. The van der Waals surface area contributed by atoms with E-state index in [1.165, 1.54) is 0 Å². The molecule has 0 atom stereocenters. The Bertz CT molecular complexity index is 400. The molecule has 0 radical (unpaired) electrons. The molecular formula is C9H7ClN2. The van der Waals surface area contributed by atoms with E-state index in [-0.39, 0.29) is 0 Å². The number of aromatic nitrogens is 2. The van der Waals surface area contributed by atoms with Crippen molar-refractivity contribution in [1.82, 2.24) is 9.97 Å². The van der Waals surface area contributed by atoms with Gasteiger partial charge in [0.05, 0.1) is 5.52 Å². The number of hydrogen-bond acceptors (Lipinski definition) is 2. The summed E-state index contributed by atoms with van der Waals surface area (Å²) in [4.78, 5) is 8.04. The predicted molar refractivity (Wildman–Crippen MR) is 49.1 cm³/mol. The van der Waals surface area contributed by atoms with Crippen LogP contribution in [0.5, 0.6) is 0 Å². The molecule has 0 spiro atoms. The minimum atomic E-state index is 0.528. The molecule has 0 unspecified atom stereocenters. The Hall–Kier alpha value is -1.15. The van der Waals surface area contributed by atoms with Gasteiger partial charge in [0.2, 0.25) is 0 Å². The smallest absolute Gasteiger partial charge is 0.116 e. The Labute approximate surface area is 75.2 Å². The standard InChI is InChI=1S/C9H7ClN2/c10-4-7-1-2-8-5-11-6-12-9(8)3-7/h1-3,5-6H,4H2. The molecule has 0 saturated carbocycles. The van der Waals surface area contributed by atoms with Gasteiger partial charge in [-0.3, -0.25) is 0 Å². The first kappa shape index (κ1) is 7.50. The minimum absolute atomic E-state index is 0.528. The van der Waals surface area contributed by atoms with Crippen molar-refractivity contribution < 1.29 is 0 Å². The Morgan fingerprint density at radius 2 is 2.25 bits per heavy atom. The molecule has 1 heterocycles. The molecule has 12 heavy (non-hydrogen) atoms. The lowest BCUT2D eigenvalue weighted by molar-refractivity contribution is 1.22. The lowest BCUT2D eigenvalue weighted by atomic mass is 10.2. The van der Waals surface area contributed by atoms with Gasteiger partial charge in [0.15, 0.2) is 0 Å². The first-order valence-electron chi connectivity index (χ1n) is 3.65. The van der Waals surface area contributed by atoms with Gasteiger partial charge >= 0.3 is 0 Å². The van der Waals surface area contributed by atoms with Crippen LogP contribution in [-0.4, -0.2) is 9.97 Å². The highest BCUT2D eigenvalue weighted by atomic mass is 35.5. The zero-order valence-electron chi connectivity index (χ0n) is 6.37. The molecule has 0 bridgehead atoms. The van der Waals surface area contributed by atoms with E-state index in [9.17, 15) is 0 Å². The van der Waals surface area contributed by atoms with Crippen LogP contribution in [-0.2, 0) is 5.88 Å². The van der Waals surface area contributed by atoms with Crippen molar-refractivity contribution in [2.45, 2.75) is 5.88 Å². The molecule has 2 nitrogen and oxygen atoms in total. The van der Waals surface area contributed by atoms with Crippen LogP contribution in [0.1, 0.15) is 5.56 Å². The number of halogens is 1. The molecule has 0 amide bonds. The maximum Gasteiger partial charge on any atom is 0.116 e. The SMILES string of the molecule is ClCc1ccc2cncnc2c1. The van der Waals surface area contributed by atoms with Crippen LogP contribution in [0.15, 0.2) is 30.7 Å². The highest BCUT2D eigenvalue weighted by Gasteiger charge is 1.94. The zero-order valence-corrected chi connectivity index (χ0v) is 7.12. The summed E-state index contributed by atoms with van der Waals surface area (Å²) >= 11 is 5.68. The van der Waals surface area contributed by atoms with Gasteiger partial charge in [-0.05, 0) is 11.6 Å². The van der Waals surface area contributed by atoms with Gasteiger partial charge < -0.3 is 0 Å². The van der Waals surface area contributed by atoms with Crippen molar-refractivity contribution in [3.8, 4) is 0 Å². The van der Waals surface area contributed by atoms with E-state index < -0.39 is 0 Å². The number of fused-ring (bicyclic) bond motifs is 1. The highest BCUT2D eigenvalue weighted by molar-refractivity contribution is 6.17. The normalized spacial score (nSPS) is 10.4. The van der Waals surface area contributed by atoms with E-state index in [1.807, 2.05) is 18.2 Å². The Morgan fingerprint density at radius 3 is 3.08 bits per heavy atom. The maximum atomic E-state index is 5.68. The van der Waals surface area contributed by atoms with E-state index in [0.717, 1.165) is 16.5 Å². The van der Waals surface area contributed by atoms with Gasteiger partial charge in [0.1, 0.15) is 6.33 Å². The maximum absolute atomic E-state index is 5.68. The lowest BCUT2D eigenvalue weighted by Crippen LogP contribution is -1.83. The minimum Gasteiger partial charge on any atom is -0.244 e. The van der Waals surface area contributed by atoms with Crippen LogP contribution in [0.2, 0.25) is 0 Å². The third kappa shape index (κ3) is 1.25. The molecule has 0 fully saturated rings. The summed E-state index contributed by atoms with van der Waals surface area (Å²) < 4.78 is 0. The van der Waals surface area contributed by atoms with E-state index in [2.05, 4.69) is 9.97 Å². The molecule has 0 aliphatic rings. The second kappa shape index (κ2) is 3.07. The number of rotatable bonds is 1. The molecule has 1 aromatic carbocycles. The van der Waals surface area contributed by atoms with Crippen molar-refractivity contribution in [3.05, 3.63) is 36.3 Å². The van der Waals surface area contributed by atoms with Crippen LogP contribution >= 0.6 is 11.6 Å². The fourth-order valence-electron chi connectivity index (χ4n) is 1.10. The zero-order chi connectivity index (χ0) is 8.39. The van der Waals surface area contributed by atoms with Gasteiger partial charge in [-0.1, -0.05) is 12.1 Å². The Balaban J connectivity index is 2.67. The predicted octanol–water partition coefficient (Wildman–Crippen LogP) is 2.37. The van der Waals surface area contributed by atoms with Gasteiger partial charge in [-0.15, -0.1) is 11.6 Å². The average molecular weight is 179 g/mol. The molecule has 0 aliphatic heterocycles. The quantitative estimate of drug-likeness (QED) is 0.627. The number of nitrogens with zero attached hydrogens (tertiary/aromatic N) is 2. The van der Waals surface area contributed by atoms with E-state index >= 15 is 0 Å². The third-order valence-corrected chi connectivity index (χ3v) is 2.03. The summed E-state index contributed by atoms with van der Waals surface area (Å²) in [6, 6.07) is 5.94. The molecule has 0 aliphatic carbocycles. The Kier molecular flexibility index (Phi) is 1.92. The summed E-state index contributed by atoms with van der Waals surface area (Å²) in [6.07, 6.45) is 3.33. The Morgan fingerprint density at radius 1 is 1.33 bits per heavy atom. The largest absolute Gasteiger partial charge is 0.244 e. The van der Waals surface area contributed by atoms with Crippen molar-refractivity contribution in [2.75, 3.05) is 0 Å². The number of hydrogen-bond donors (Lipinski definition) is 0. The molecule has 3 heteroatoms. The summed E-state index contributed by atoms with van der Waals surface area (Å²) in [5, 5.41) is 1.05. The van der Waals surface area contributed by atoms with Crippen molar-refractivity contribution in [3.63, 3.8) is 0 Å². The average Bonchev–Trinajstić information content (AvgIpc) is 2.17. The lowest BCUT2D eigenvalue weighted by Gasteiger charge is -1.97. The second-order valence-corrected chi connectivity index (χ2v) is 2.82. The van der Waals surface area contributed by atoms with Gasteiger partial charge in [0, 0.05) is 17.5 Å². The molecule has 2 rings (SSSR count). The fourth-order valence-corrected chi connectivity index (χ4v) is 1.27. The third-order valence-electron chi connectivity index (χ3n) is 1.73. The van der Waals surface area contributed by atoms with Crippen LogP contribution in [0.25, 0.3) is 10.9 Å². The van der Waals surface area contributed by atoms with Crippen LogP contribution in [0.3, 0.4) is 0 Å². The number of benzene rings is 1. The van der Waals surface area contributed by atoms with Crippen LogP contribution in [0, 0.1) is 0 Å². The topological polar surface area (TPSA) is 25.8 Å². The summed E-state index contributed by atoms with van der Waals surface area (Å²) in [7, 11) is 0. The van der Waals surface area contributed by atoms with Crippen molar-refractivity contribution >= 4 is 22.5 Å². The molecule has 2 aromatic rings. The molecule has 0 N–H and O–H groups in total. The fraction of sp³-hybridized carbons (Fsp3) is 0.111. The van der Waals surface area contributed by atoms with Gasteiger partial charge in [0.25, 0.3) is 0 Å². The van der Waals surface area contributed by atoms with E-state index in [1.54, 1.807) is 12.5 Å². The first-order chi connectivity index (χ1) is 5.90. The summed E-state index contributed by atoms with van der Waals surface area (Å²) in [5.74, 6) is 0.528. The van der Waals surface area contributed by atoms with Gasteiger partial charge in [-0.2, -0.15) is 0 Å². The number of alkyl halides is 1. The van der Waals surface area contributed by atoms with Crippen molar-refractivity contribution in [2.24, 2.45) is 0 Å². The summed E-state index contributed by atoms with van der Waals surface area (Å²) in [6.45, 7) is 0. The molecule has 1 aromatic heterocycles. The highest BCUT2D eigenvalue weighted by Crippen LogP contribution is 2.13. The summed E-state index contributed by atoms with van der Waals surface area (Å²) in [5.41, 5.74) is 2.03. The van der Waals surface area contributed by atoms with Crippen LogP contribution < -0.4 is 0 Å². The van der Waals surface area contributed by atoms with E-state index in [4.69, 9.17) is 11.6 Å². The van der Waals surface area contributed by atoms with Gasteiger partial charge in [-0.25, -0.2) is 9.97 Å². The van der Waals surface area contributed by atoms with Crippen molar-refractivity contribution in [1.29, 1.82) is 0 Å².